The molecule has 0 aliphatic rings. The van der Waals surface area contributed by atoms with Crippen molar-refractivity contribution in [3.05, 3.63) is 83.9 Å². The Morgan fingerprint density at radius 1 is 1.06 bits per heavy atom. The maximum atomic E-state index is 13.0. The second-order valence-electron chi connectivity index (χ2n) is 6.90. The monoisotopic (exact) mass is 449 g/mol. The molecule has 2 heterocycles. The van der Waals surface area contributed by atoms with Crippen LogP contribution < -0.4 is 10.1 Å². The Morgan fingerprint density at radius 2 is 1.91 bits per heavy atom. The molecule has 4 rings (SSSR count). The van der Waals surface area contributed by atoms with Gasteiger partial charge in [-0.3, -0.25) is 4.79 Å². The number of nitrogens with one attached hydrogen (secondary N) is 1. The summed E-state index contributed by atoms with van der Waals surface area (Å²) in [7, 11) is 1.63. The van der Waals surface area contributed by atoms with E-state index in [-0.39, 0.29) is 5.91 Å². The molecule has 7 nitrogen and oxygen atoms in total. The van der Waals surface area contributed by atoms with E-state index in [9.17, 15) is 4.79 Å². The van der Waals surface area contributed by atoms with Crippen molar-refractivity contribution in [2.24, 2.45) is 0 Å². The quantitative estimate of drug-likeness (QED) is 0.217. The summed E-state index contributed by atoms with van der Waals surface area (Å²) in [6.07, 6.45) is 3.40. The first kappa shape index (κ1) is 21.9. The molecular weight excluding hydrogens is 426 g/mol. The van der Waals surface area contributed by atoms with Crippen LogP contribution in [0.15, 0.2) is 76.6 Å². The molecule has 0 saturated heterocycles. The van der Waals surface area contributed by atoms with Crippen molar-refractivity contribution >= 4 is 28.6 Å². The molecule has 0 fully saturated rings. The zero-order valence-electron chi connectivity index (χ0n) is 17.6. The minimum atomic E-state index is -0.267. The van der Waals surface area contributed by atoms with Gasteiger partial charge in [0.2, 0.25) is 0 Å². The minimum absolute atomic E-state index is 0.267. The maximum Gasteiger partial charge on any atom is 0.287 e. The van der Waals surface area contributed by atoms with Gasteiger partial charge < -0.3 is 19.2 Å². The molecule has 164 valence electrons. The summed E-state index contributed by atoms with van der Waals surface area (Å²) in [5.74, 6) is 1.29. The second-order valence-corrected chi connectivity index (χ2v) is 7.84. The Hall–Kier alpha value is -3.36. The Morgan fingerprint density at radius 3 is 2.75 bits per heavy atom. The molecule has 2 aromatic carbocycles. The predicted octanol–water partition coefficient (Wildman–Crippen LogP) is 4.47. The second kappa shape index (κ2) is 10.8. The molecule has 0 bridgehead atoms. The Labute approximate surface area is 190 Å². The van der Waals surface area contributed by atoms with Gasteiger partial charge in [-0.2, -0.15) is 0 Å². The van der Waals surface area contributed by atoms with Crippen molar-refractivity contribution in [2.45, 2.75) is 17.5 Å². The van der Waals surface area contributed by atoms with E-state index < -0.39 is 0 Å². The predicted molar refractivity (Wildman–Crippen MR) is 123 cm³/mol. The van der Waals surface area contributed by atoms with Crippen LogP contribution in [-0.4, -0.2) is 36.2 Å². The lowest BCUT2D eigenvalue weighted by Gasteiger charge is -2.09. The van der Waals surface area contributed by atoms with Crippen molar-refractivity contribution in [1.29, 1.82) is 0 Å². The average molecular weight is 450 g/mol. The van der Waals surface area contributed by atoms with Crippen molar-refractivity contribution in [3.63, 3.8) is 0 Å². The maximum absolute atomic E-state index is 13.0. The molecule has 0 saturated carbocycles. The number of carbonyl (C=O) groups excluding carboxylic acids is 1. The van der Waals surface area contributed by atoms with Gasteiger partial charge in [0.05, 0.1) is 6.61 Å². The first-order chi connectivity index (χ1) is 15.7. The molecule has 0 aliphatic carbocycles. The lowest BCUT2D eigenvalue weighted by molar-refractivity contribution is 0.0924. The van der Waals surface area contributed by atoms with Crippen LogP contribution in [0, 0.1) is 0 Å². The number of methoxy groups -OCH3 is 1. The number of thioether (sulfide) groups is 1. The SMILES string of the molecule is COCCOc1cccc(CNC(=O)c2oc3ccccc3c2CSc2ncccn2)c1. The van der Waals surface area contributed by atoms with Crippen LogP contribution in [0.4, 0.5) is 0 Å². The fourth-order valence-corrected chi connectivity index (χ4v) is 4.00. The normalized spacial score (nSPS) is 10.9. The number of para-hydroxylation sites is 1. The molecule has 2 aromatic heterocycles. The fraction of sp³-hybridized carbons (Fsp3) is 0.208. The van der Waals surface area contributed by atoms with E-state index in [1.54, 1.807) is 25.6 Å². The van der Waals surface area contributed by atoms with Gasteiger partial charge in [0, 0.05) is 42.8 Å². The standard InChI is InChI=1S/C24H23N3O4S/c1-29-12-13-30-18-7-4-6-17(14-18)15-27-23(28)22-20(16-32-24-25-10-5-11-26-24)19-8-2-3-9-21(19)31-22/h2-11,14H,12-13,15-16H2,1H3,(H,27,28). The van der Waals surface area contributed by atoms with E-state index in [0.717, 1.165) is 22.3 Å². The van der Waals surface area contributed by atoms with Crippen LogP contribution in [0.3, 0.4) is 0 Å². The van der Waals surface area contributed by atoms with Crippen molar-refractivity contribution in [3.8, 4) is 5.75 Å². The summed E-state index contributed by atoms with van der Waals surface area (Å²) in [4.78, 5) is 21.5. The summed E-state index contributed by atoms with van der Waals surface area (Å²) < 4.78 is 16.6. The van der Waals surface area contributed by atoms with E-state index in [1.165, 1.54) is 11.8 Å². The van der Waals surface area contributed by atoms with Gasteiger partial charge in [0.1, 0.15) is 17.9 Å². The summed E-state index contributed by atoms with van der Waals surface area (Å²) in [6, 6.07) is 17.0. The highest BCUT2D eigenvalue weighted by molar-refractivity contribution is 7.98. The number of ether oxygens (including phenoxy) is 2. The number of amides is 1. The first-order valence-corrected chi connectivity index (χ1v) is 11.1. The number of rotatable bonds is 10. The number of hydrogen-bond donors (Lipinski definition) is 1. The first-order valence-electron chi connectivity index (χ1n) is 10.1. The molecular formula is C24H23N3O4S. The number of nitrogens with zero attached hydrogens (tertiary/aromatic N) is 2. The summed E-state index contributed by atoms with van der Waals surface area (Å²) in [5.41, 5.74) is 2.43. The largest absolute Gasteiger partial charge is 0.491 e. The molecule has 0 spiro atoms. The van der Waals surface area contributed by atoms with Crippen molar-refractivity contribution < 1.29 is 18.7 Å². The van der Waals surface area contributed by atoms with Crippen LogP contribution in [0.25, 0.3) is 11.0 Å². The molecule has 0 unspecified atom stereocenters. The number of aromatic nitrogens is 2. The van der Waals surface area contributed by atoms with Crippen LogP contribution in [0.1, 0.15) is 21.7 Å². The Bertz CT molecular complexity index is 1180. The molecule has 0 atom stereocenters. The van der Waals surface area contributed by atoms with Crippen molar-refractivity contribution in [1.82, 2.24) is 15.3 Å². The van der Waals surface area contributed by atoms with Crippen LogP contribution in [0.2, 0.25) is 0 Å². The third kappa shape index (κ3) is 5.46. The average Bonchev–Trinajstić information content (AvgIpc) is 3.21. The zero-order chi connectivity index (χ0) is 22.2. The van der Waals surface area contributed by atoms with Crippen LogP contribution >= 0.6 is 11.8 Å². The van der Waals surface area contributed by atoms with Gasteiger partial charge in [0.15, 0.2) is 10.9 Å². The number of carbonyl (C=O) groups is 1. The lowest BCUT2D eigenvalue weighted by atomic mass is 10.1. The lowest BCUT2D eigenvalue weighted by Crippen LogP contribution is -2.23. The molecule has 1 amide bonds. The molecule has 32 heavy (non-hydrogen) atoms. The molecule has 4 aromatic rings. The van der Waals surface area contributed by atoms with E-state index in [4.69, 9.17) is 13.9 Å². The van der Waals surface area contributed by atoms with Gasteiger partial charge in [-0.05, 0) is 29.8 Å². The van der Waals surface area contributed by atoms with Crippen LogP contribution in [0.5, 0.6) is 5.75 Å². The Balaban J connectivity index is 1.48. The van der Waals surface area contributed by atoms with Gasteiger partial charge in [0.25, 0.3) is 5.91 Å². The molecule has 1 N–H and O–H groups in total. The minimum Gasteiger partial charge on any atom is -0.491 e. The fourth-order valence-electron chi connectivity index (χ4n) is 3.17. The van der Waals surface area contributed by atoms with Gasteiger partial charge >= 0.3 is 0 Å². The van der Waals surface area contributed by atoms with Crippen LogP contribution in [-0.2, 0) is 17.0 Å². The van der Waals surface area contributed by atoms with E-state index in [1.807, 2.05) is 48.5 Å². The number of benzene rings is 2. The summed E-state index contributed by atoms with van der Waals surface area (Å²) >= 11 is 1.46. The highest BCUT2D eigenvalue weighted by Gasteiger charge is 2.20. The molecule has 8 heteroatoms. The van der Waals surface area contributed by atoms with Crippen molar-refractivity contribution in [2.75, 3.05) is 20.3 Å². The third-order valence-electron chi connectivity index (χ3n) is 4.70. The Kier molecular flexibility index (Phi) is 7.37. The molecule has 0 radical (unpaired) electrons. The molecule has 0 aliphatic heterocycles. The highest BCUT2D eigenvalue weighted by Crippen LogP contribution is 2.31. The van der Waals surface area contributed by atoms with Gasteiger partial charge in [-0.1, -0.05) is 42.1 Å². The zero-order valence-corrected chi connectivity index (χ0v) is 18.4. The highest BCUT2D eigenvalue weighted by atomic mass is 32.2. The third-order valence-corrected chi connectivity index (χ3v) is 5.60. The number of fused-ring (bicyclic) bond motifs is 1. The smallest absolute Gasteiger partial charge is 0.287 e. The number of furan rings is 1. The van der Waals surface area contributed by atoms with E-state index >= 15 is 0 Å². The topological polar surface area (TPSA) is 86.5 Å². The van der Waals surface area contributed by atoms with Gasteiger partial charge in [-0.15, -0.1) is 0 Å². The van der Waals surface area contributed by atoms with Gasteiger partial charge in [-0.25, -0.2) is 9.97 Å². The van der Waals surface area contributed by atoms with E-state index in [0.29, 0.717) is 42.0 Å². The number of hydrogen-bond acceptors (Lipinski definition) is 7. The summed E-state index contributed by atoms with van der Waals surface area (Å²) in [6.45, 7) is 1.34. The summed E-state index contributed by atoms with van der Waals surface area (Å²) in [5, 5.41) is 4.52. The van der Waals surface area contributed by atoms with E-state index in [2.05, 4.69) is 15.3 Å².